The van der Waals surface area contributed by atoms with E-state index in [1.165, 1.54) is 30.0 Å². The van der Waals surface area contributed by atoms with Gasteiger partial charge in [0.25, 0.3) is 0 Å². The molecule has 0 radical (unpaired) electrons. The minimum Gasteiger partial charge on any atom is -0.497 e. The SMILES string of the molecule is COc1ccc(-c2nc(SCCc3cc(F)ccc3C(N)=O)[nH]c2-c2ccc(OC)cc2)cc1. The van der Waals surface area contributed by atoms with Gasteiger partial charge in [-0.3, -0.25) is 4.79 Å². The summed E-state index contributed by atoms with van der Waals surface area (Å²) in [4.78, 5) is 19.9. The van der Waals surface area contributed by atoms with Gasteiger partial charge in [-0.15, -0.1) is 0 Å². The van der Waals surface area contributed by atoms with E-state index in [0.29, 0.717) is 28.5 Å². The molecule has 1 heterocycles. The van der Waals surface area contributed by atoms with Crippen LogP contribution in [0.2, 0.25) is 0 Å². The first kappa shape index (κ1) is 23.4. The molecule has 8 heteroatoms. The number of benzene rings is 3. The Kier molecular flexibility index (Phi) is 7.18. The summed E-state index contributed by atoms with van der Waals surface area (Å²) < 4.78 is 24.3. The number of methoxy groups -OCH3 is 2. The zero-order valence-corrected chi connectivity index (χ0v) is 19.6. The molecule has 6 nitrogen and oxygen atoms in total. The minimum atomic E-state index is -0.568. The second-order valence-corrected chi connectivity index (χ2v) is 8.57. The molecule has 1 amide bonds. The Labute approximate surface area is 201 Å². The number of nitrogens with zero attached hydrogens (tertiary/aromatic N) is 1. The highest BCUT2D eigenvalue weighted by molar-refractivity contribution is 7.99. The number of ether oxygens (including phenoxy) is 2. The number of aromatic nitrogens is 2. The van der Waals surface area contributed by atoms with Crippen molar-refractivity contribution in [1.29, 1.82) is 0 Å². The number of primary amides is 1. The summed E-state index contributed by atoms with van der Waals surface area (Å²) in [6.07, 6.45) is 0.469. The van der Waals surface area contributed by atoms with E-state index < -0.39 is 11.7 Å². The van der Waals surface area contributed by atoms with Gasteiger partial charge in [-0.1, -0.05) is 11.8 Å². The van der Waals surface area contributed by atoms with Crippen LogP contribution in [-0.2, 0) is 6.42 Å². The topological polar surface area (TPSA) is 90.2 Å². The summed E-state index contributed by atoms with van der Waals surface area (Å²) in [5, 5.41) is 0.716. The van der Waals surface area contributed by atoms with Gasteiger partial charge in [-0.2, -0.15) is 0 Å². The maximum atomic E-state index is 13.7. The van der Waals surface area contributed by atoms with E-state index in [1.54, 1.807) is 14.2 Å². The van der Waals surface area contributed by atoms with Crippen molar-refractivity contribution in [1.82, 2.24) is 9.97 Å². The van der Waals surface area contributed by atoms with Crippen LogP contribution < -0.4 is 15.2 Å². The third-order valence-electron chi connectivity index (χ3n) is 5.37. The van der Waals surface area contributed by atoms with Gasteiger partial charge in [0.15, 0.2) is 5.16 Å². The summed E-state index contributed by atoms with van der Waals surface area (Å²) in [5.74, 6) is 1.15. The molecule has 0 atom stereocenters. The van der Waals surface area contributed by atoms with E-state index >= 15 is 0 Å². The van der Waals surface area contributed by atoms with E-state index in [0.717, 1.165) is 34.0 Å². The lowest BCUT2D eigenvalue weighted by Gasteiger charge is -2.06. The fourth-order valence-electron chi connectivity index (χ4n) is 3.61. The molecule has 174 valence electrons. The second kappa shape index (κ2) is 10.4. The number of carbonyl (C=O) groups excluding carboxylic acids is 1. The van der Waals surface area contributed by atoms with Gasteiger partial charge in [0.1, 0.15) is 17.3 Å². The lowest BCUT2D eigenvalue weighted by molar-refractivity contribution is 0.0999. The van der Waals surface area contributed by atoms with Crippen LogP contribution in [0.4, 0.5) is 4.39 Å². The molecule has 3 aromatic carbocycles. The van der Waals surface area contributed by atoms with Crippen molar-refractivity contribution in [3.63, 3.8) is 0 Å². The van der Waals surface area contributed by atoms with Crippen LogP contribution in [0.15, 0.2) is 71.9 Å². The van der Waals surface area contributed by atoms with Gasteiger partial charge >= 0.3 is 0 Å². The molecule has 3 N–H and O–H groups in total. The smallest absolute Gasteiger partial charge is 0.248 e. The Bertz CT molecular complexity index is 1220. The van der Waals surface area contributed by atoms with Crippen LogP contribution >= 0.6 is 11.8 Å². The zero-order valence-electron chi connectivity index (χ0n) is 18.8. The van der Waals surface area contributed by atoms with Crippen molar-refractivity contribution in [2.45, 2.75) is 11.6 Å². The van der Waals surface area contributed by atoms with Gasteiger partial charge in [0, 0.05) is 22.4 Å². The van der Waals surface area contributed by atoms with Gasteiger partial charge in [0.05, 0.1) is 25.6 Å². The number of aryl methyl sites for hydroxylation is 1. The third-order valence-corrected chi connectivity index (χ3v) is 6.24. The number of rotatable bonds is 9. The molecule has 0 spiro atoms. The number of carbonyl (C=O) groups is 1. The molecule has 4 aromatic rings. The van der Waals surface area contributed by atoms with E-state index in [2.05, 4.69) is 4.98 Å². The molecule has 1 aromatic heterocycles. The highest BCUT2D eigenvalue weighted by Crippen LogP contribution is 2.34. The van der Waals surface area contributed by atoms with E-state index in [1.807, 2.05) is 48.5 Å². The maximum Gasteiger partial charge on any atom is 0.248 e. The number of amides is 1. The summed E-state index contributed by atoms with van der Waals surface area (Å²) in [5.41, 5.74) is 9.93. The molecule has 0 aliphatic heterocycles. The van der Waals surface area contributed by atoms with Crippen molar-refractivity contribution in [3.05, 3.63) is 83.7 Å². The predicted octanol–water partition coefficient (Wildman–Crippen LogP) is 5.33. The monoisotopic (exact) mass is 477 g/mol. The Balaban J connectivity index is 1.61. The van der Waals surface area contributed by atoms with Gasteiger partial charge < -0.3 is 20.2 Å². The highest BCUT2D eigenvalue weighted by Gasteiger charge is 2.16. The van der Waals surface area contributed by atoms with Crippen molar-refractivity contribution in [2.24, 2.45) is 5.73 Å². The van der Waals surface area contributed by atoms with Crippen LogP contribution in [0.5, 0.6) is 11.5 Å². The second-order valence-electron chi connectivity index (χ2n) is 7.49. The lowest BCUT2D eigenvalue weighted by Crippen LogP contribution is -2.14. The maximum absolute atomic E-state index is 13.7. The first-order chi connectivity index (χ1) is 16.5. The van der Waals surface area contributed by atoms with Crippen molar-refractivity contribution < 1.29 is 18.7 Å². The first-order valence-electron chi connectivity index (χ1n) is 10.6. The number of imidazole rings is 1. The molecule has 34 heavy (non-hydrogen) atoms. The Morgan fingerprint density at radius 1 is 0.971 bits per heavy atom. The van der Waals surface area contributed by atoms with E-state index in [4.69, 9.17) is 20.2 Å². The molecule has 0 aliphatic carbocycles. The minimum absolute atomic E-state index is 0.333. The summed E-state index contributed by atoms with van der Waals surface area (Å²) >= 11 is 1.49. The Hall–Kier alpha value is -3.78. The average Bonchev–Trinajstić information content (AvgIpc) is 3.28. The first-order valence-corrected chi connectivity index (χ1v) is 11.6. The van der Waals surface area contributed by atoms with E-state index in [9.17, 15) is 9.18 Å². The zero-order chi connectivity index (χ0) is 24.1. The molecule has 0 saturated heterocycles. The average molecular weight is 478 g/mol. The molecule has 0 aliphatic rings. The van der Waals surface area contributed by atoms with Crippen LogP contribution in [-0.4, -0.2) is 35.8 Å². The molecule has 0 saturated carbocycles. The third kappa shape index (κ3) is 5.23. The number of nitrogens with one attached hydrogen (secondary N) is 1. The van der Waals surface area contributed by atoms with Crippen LogP contribution in [0.25, 0.3) is 22.5 Å². The number of aromatic amines is 1. The summed E-state index contributed by atoms with van der Waals surface area (Å²) in [6, 6.07) is 19.5. The number of hydrogen-bond donors (Lipinski definition) is 2. The number of hydrogen-bond acceptors (Lipinski definition) is 5. The van der Waals surface area contributed by atoms with Crippen LogP contribution in [0.1, 0.15) is 15.9 Å². The Morgan fingerprint density at radius 2 is 1.59 bits per heavy atom. The largest absolute Gasteiger partial charge is 0.497 e. The molecular weight excluding hydrogens is 453 g/mol. The van der Waals surface area contributed by atoms with Crippen molar-refractivity contribution in [3.8, 4) is 34.0 Å². The molecule has 0 bridgehead atoms. The molecule has 0 unspecified atom stereocenters. The van der Waals surface area contributed by atoms with Crippen LogP contribution in [0.3, 0.4) is 0 Å². The predicted molar refractivity (Wildman–Crippen MR) is 132 cm³/mol. The quantitative estimate of drug-likeness (QED) is 0.318. The number of halogens is 1. The molecule has 0 fully saturated rings. The van der Waals surface area contributed by atoms with Gasteiger partial charge in [-0.05, 0) is 78.7 Å². The van der Waals surface area contributed by atoms with Crippen LogP contribution in [0, 0.1) is 5.82 Å². The molecular formula is C26H24FN3O3S. The van der Waals surface area contributed by atoms with Gasteiger partial charge in [-0.25, -0.2) is 9.37 Å². The number of nitrogens with two attached hydrogens (primary N) is 1. The number of thioether (sulfide) groups is 1. The highest BCUT2D eigenvalue weighted by atomic mass is 32.2. The lowest BCUT2D eigenvalue weighted by atomic mass is 10.0. The standard InChI is InChI=1S/C26H24FN3O3S/c1-32-20-8-3-16(4-9-20)23-24(17-5-10-21(33-2)11-6-17)30-26(29-23)34-14-13-18-15-19(27)7-12-22(18)25(28)31/h3-12,15H,13-14H2,1-2H3,(H2,28,31)(H,29,30). The van der Waals surface area contributed by atoms with Crippen molar-refractivity contribution in [2.75, 3.05) is 20.0 Å². The fraction of sp³-hybridized carbons (Fsp3) is 0.154. The fourth-order valence-corrected chi connectivity index (χ4v) is 4.46. The Morgan fingerprint density at radius 3 is 2.18 bits per heavy atom. The summed E-state index contributed by atoms with van der Waals surface area (Å²) in [6.45, 7) is 0. The van der Waals surface area contributed by atoms with E-state index in [-0.39, 0.29) is 0 Å². The molecule has 4 rings (SSSR count). The number of H-pyrrole nitrogens is 1. The van der Waals surface area contributed by atoms with Crippen molar-refractivity contribution >= 4 is 17.7 Å². The summed E-state index contributed by atoms with van der Waals surface area (Å²) in [7, 11) is 3.26. The van der Waals surface area contributed by atoms with Gasteiger partial charge in [0.2, 0.25) is 5.91 Å². The normalized spacial score (nSPS) is 10.8.